The number of carbonyl (C=O) groups is 1. The highest BCUT2D eigenvalue weighted by atomic mass is 35.5. The van der Waals surface area contributed by atoms with E-state index in [1.165, 1.54) is 18.5 Å². The predicted octanol–water partition coefficient (Wildman–Crippen LogP) is 4.42. The summed E-state index contributed by atoms with van der Waals surface area (Å²) in [6.45, 7) is 6.37. The largest absolute Gasteiger partial charge is 0.444 e. The van der Waals surface area contributed by atoms with Crippen LogP contribution in [0.25, 0.3) is 0 Å². The van der Waals surface area contributed by atoms with Crippen molar-refractivity contribution in [3.8, 4) is 0 Å². The number of amides is 1. The van der Waals surface area contributed by atoms with E-state index < -0.39 is 17.5 Å². The van der Waals surface area contributed by atoms with Crippen LogP contribution in [-0.4, -0.2) is 40.8 Å². The number of nitrogens with zero attached hydrogens (tertiary/aromatic N) is 3. The number of hydrogen-bond donors (Lipinski definition) is 1. The highest BCUT2D eigenvalue weighted by molar-refractivity contribution is 6.31. The number of rotatable bonds is 3. The second-order valence-corrected chi connectivity index (χ2v) is 8.42. The molecule has 1 aromatic heterocycles. The Bertz CT molecular complexity index is 875. The summed E-state index contributed by atoms with van der Waals surface area (Å²) in [7, 11) is 0. The normalized spacial score (nSPS) is 19.6. The van der Waals surface area contributed by atoms with Gasteiger partial charge in [0.1, 0.15) is 28.7 Å². The lowest BCUT2D eigenvalue weighted by Gasteiger charge is -2.24. The van der Waals surface area contributed by atoms with Crippen molar-refractivity contribution in [2.24, 2.45) is 0 Å². The summed E-state index contributed by atoms with van der Waals surface area (Å²) in [5.41, 5.74) is 0.123. The quantitative estimate of drug-likeness (QED) is 0.735. The summed E-state index contributed by atoms with van der Waals surface area (Å²) in [5, 5.41) is 3.54. The molecule has 6 nitrogen and oxygen atoms in total. The van der Waals surface area contributed by atoms with Gasteiger partial charge >= 0.3 is 6.09 Å². The molecule has 2 aromatic rings. The smallest absolute Gasteiger partial charge is 0.407 e. The number of ether oxygens (including phenoxy) is 1. The van der Waals surface area contributed by atoms with Gasteiger partial charge in [0.25, 0.3) is 0 Å². The van der Waals surface area contributed by atoms with Crippen molar-refractivity contribution in [1.82, 2.24) is 15.3 Å². The molecule has 28 heavy (non-hydrogen) atoms. The third kappa shape index (κ3) is 5.02. The number of carbonyl (C=O) groups excluding carboxylic acids is 1. The second-order valence-electron chi connectivity index (χ2n) is 7.63. The molecular formula is C19H21Cl2FN4O2. The molecule has 1 aliphatic heterocycles. The molecule has 1 aromatic carbocycles. The van der Waals surface area contributed by atoms with Crippen molar-refractivity contribution in [1.29, 1.82) is 0 Å². The number of anilines is 1. The summed E-state index contributed by atoms with van der Waals surface area (Å²) in [6.07, 6.45) is 0.856. The number of hydrogen-bond acceptors (Lipinski definition) is 5. The van der Waals surface area contributed by atoms with Gasteiger partial charge in [-0.3, -0.25) is 0 Å². The Labute approximate surface area is 173 Å². The van der Waals surface area contributed by atoms with Crippen molar-refractivity contribution >= 4 is 35.1 Å². The molecule has 1 amide bonds. The first-order valence-corrected chi connectivity index (χ1v) is 9.55. The third-order valence-corrected chi connectivity index (χ3v) is 4.86. The number of alkyl carbamates (subject to hydrolysis) is 1. The van der Waals surface area contributed by atoms with Gasteiger partial charge in [-0.1, -0.05) is 29.3 Å². The fourth-order valence-electron chi connectivity index (χ4n) is 3.21. The maximum absolute atomic E-state index is 13.5. The molecule has 0 saturated carbocycles. The van der Waals surface area contributed by atoms with E-state index in [0.717, 1.165) is 5.56 Å². The topological polar surface area (TPSA) is 67.3 Å². The van der Waals surface area contributed by atoms with Gasteiger partial charge in [0.05, 0.1) is 6.04 Å². The zero-order valence-electron chi connectivity index (χ0n) is 15.7. The molecule has 0 aliphatic carbocycles. The van der Waals surface area contributed by atoms with Crippen molar-refractivity contribution in [3.63, 3.8) is 0 Å². The minimum atomic E-state index is -0.619. The Kier molecular flexibility index (Phi) is 5.95. The molecule has 0 spiro atoms. The molecular weight excluding hydrogens is 406 g/mol. The Balaban J connectivity index is 1.87. The van der Waals surface area contributed by atoms with Gasteiger partial charge in [-0.25, -0.2) is 19.2 Å². The van der Waals surface area contributed by atoms with Gasteiger partial charge in [-0.15, -0.1) is 0 Å². The molecule has 150 valence electrons. The van der Waals surface area contributed by atoms with Crippen molar-refractivity contribution in [2.75, 3.05) is 18.0 Å². The summed E-state index contributed by atoms with van der Waals surface area (Å²) < 4.78 is 18.9. The van der Waals surface area contributed by atoms with Crippen LogP contribution in [0.15, 0.2) is 30.6 Å². The molecule has 2 unspecified atom stereocenters. The Hall–Kier alpha value is -2.12. The fourth-order valence-corrected chi connectivity index (χ4v) is 3.66. The van der Waals surface area contributed by atoms with E-state index in [2.05, 4.69) is 15.3 Å². The summed E-state index contributed by atoms with van der Waals surface area (Å²) >= 11 is 12.3. The average molecular weight is 427 g/mol. The van der Waals surface area contributed by atoms with Gasteiger partial charge in [0.2, 0.25) is 0 Å². The minimum Gasteiger partial charge on any atom is -0.444 e. The maximum atomic E-state index is 13.5. The SMILES string of the molecule is CC(C)(C)OC(=O)NC1CN(c2cc(Cl)ncn2)CC1c1ccc(F)cc1Cl. The van der Waals surface area contributed by atoms with E-state index in [1.807, 2.05) is 4.90 Å². The Morgan fingerprint density at radius 2 is 2.00 bits per heavy atom. The number of aromatic nitrogens is 2. The zero-order chi connectivity index (χ0) is 20.5. The summed E-state index contributed by atoms with van der Waals surface area (Å²) in [5.74, 6) is 0.0360. The van der Waals surface area contributed by atoms with Gasteiger partial charge in [-0.2, -0.15) is 0 Å². The van der Waals surface area contributed by atoms with Crippen molar-refractivity contribution in [2.45, 2.75) is 38.3 Å². The number of nitrogens with one attached hydrogen (secondary N) is 1. The predicted molar refractivity (Wildman–Crippen MR) is 107 cm³/mol. The molecule has 2 heterocycles. The first kappa shape index (κ1) is 20.6. The molecule has 1 saturated heterocycles. The molecule has 1 fully saturated rings. The second kappa shape index (κ2) is 8.09. The molecule has 0 bridgehead atoms. The number of halogens is 3. The monoisotopic (exact) mass is 426 g/mol. The van der Waals surface area contributed by atoms with E-state index in [1.54, 1.807) is 32.9 Å². The third-order valence-electron chi connectivity index (χ3n) is 4.33. The van der Waals surface area contributed by atoms with Crippen LogP contribution in [0.1, 0.15) is 32.3 Å². The lowest BCUT2D eigenvalue weighted by atomic mass is 9.94. The highest BCUT2D eigenvalue weighted by Crippen LogP contribution is 2.35. The molecule has 9 heteroatoms. The van der Waals surface area contributed by atoms with Gasteiger partial charge in [-0.05, 0) is 38.5 Å². The summed E-state index contributed by atoms with van der Waals surface area (Å²) in [6, 6.07) is 5.61. The molecule has 0 radical (unpaired) electrons. The van der Waals surface area contributed by atoms with E-state index >= 15 is 0 Å². The van der Waals surface area contributed by atoms with Crippen LogP contribution < -0.4 is 10.2 Å². The highest BCUT2D eigenvalue weighted by Gasteiger charge is 2.37. The van der Waals surface area contributed by atoms with Crippen LogP contribution in [0.5, 0.6) is 0 Å². The first-order chi connectivity index (χ1) is 13.1. The van der Waals surface area contributed by atoms with Crippen LogP contribution in [0.3, 0.4) is 0 Å². The first-order valence-electron chi connectivity index (χ1n) is 8.79. The van der Waals surface area contributed by atoms with Crippen LogP contribution in [0.4, 0.5) is 15.0 Å². The minimum absolute atomic E-state index is 0.186. The molecule has 1 aliphatic rings. The zero-order valence-corrected chi connectivity index (χ0v) is 17.3. The lowest BCUT2D eigenvalue weighted by Crippen LogP contribution is -2.42. The van der Waals surface area contributed by atoms with Crippen molar-refractivity contribution in [3.05, 3.63) is 52.1 Å². The standard InChI is InChI=1S/C19H21Cl2FN4O2/c1-19(2,3)28-18(27)25-15-9-26(17-7-16(21)23-10-24-17)8-13(15)12-5-4-11(22)6-14(12)20/h4-7,10,13,15H,8-9H2,1-3H3,(H,25,27). The van der Waals surface area contributed by atoms with Crippen molar-refractivity contribution < 1.29 is 13.9 Å². The van der Waals surface area contributed by atoms with E-state index in [-0.39, 0.29) is 12.0 Å². The van der Waals surface area contributed by atoms with Crippen LogP contribution >= 0.6 is 23.2 Å². The molecule has 3 rings (SSSR count). The van der Waals surface area contributed by atoms with Crippen LogP contribution in [0, 0.1) is 5.82 Å². The molecule has 2 atom stereocenters. The Morgan fingerprint density at radius 3 is 2.64 bits per heavy atom. The fraction of sp³-hybridized carbons (Fsp3) is 0.421. The van der Waals surface area contributed by atoms with E-state index in [9.17, 15) is 9.18 Å². The van der Waals surface area contributed by atoms with Gasteiger partial charge in [0.15, 0.2) is 0 Å². The number of benzene rings is 1. The van der Waals surface area contributed by atoms with Gasteiger partial charge < -0.3 is 15.0 Å². The average Bonchev–Trinajstić information content (AvgIpc) is 2.96. The van der Waals surface area contributed by atoms with Crippen LogP contribution in [0.2, 0.25) is 10.2 Å². The van der Waals surface area contributed by atoms with E-state index in [0.29, 0.717) is 29.1 Å². The van der Waals surface area contributed by atoms with Gasteiger partial charge in [0, 0.05) is 30.1 Å². The lowest BCUT2D eigenvalue weighted by molar-refractivity contribution is 0.0505. The summed E-state index contributed by atoms with van der Waals surface area (Å²) in [4.78, 5) is 22.5. The maximum Gasteiger partial charge on any atom is 0.407 e. The van der Waals surface area contributed by atoms with Crippen LogP contribution in [-0.2, 0) is 4.74 Å². The molecule has 1 N–H and O–H groups in total. The Morgan fingerprint density at radius 1 is 1.25 bits per heavy atom. The van der Waals surface area contributed by atoms with E-state index in [4.69, 9.17) is 27.9 Å².